The summed E-state index contributed by atoms with van der Waals surface area (Å²) in [5, 5.41) is 50.9. The molecular weight excluding hydrogens is 302 g/mol. The van der Waals surface area contributed by atoms with E-state index in [1.165, 1.54) is 0 Å². The zero-order valence-electron chi connectivity index (χ0n) is 12.2. The molecule has 1 unspecified atom stereocenters. The second-order valence-corrected chi connectivity index (χ2v) is 5.34. The Labute approximate surface area is 125 Å². The van der Waals surface area contributed by atoms with E-state index in [1.807, 2.05) is 0 Å². The maximum atomic E-state index is 11.9. The van der Waals surface area contributed by atoms with Crippen LogP contribution in [0.4, 0.5) is 0 Å². The van der Waals surface area contributed by atoms with Crippen LogP contribution in [0.3, 0.4) is 0 Å². The van der Waals surface area contributed by atoms with Crippen molar-refractivity contribution in [2.45, 2.75) is 49.6 Å². The highest BCUT2D eigenvalue weighted by molar-refractivity contribution is 6.05. The van der Waals surface area contributed by atoms with E-state index in [0.29, 0.717) is 13.8 Å². The van der Waals surface area contributed by atoms with Gasteiger partial charge in [-0.25, -0.2) is 0 Å². The smallest absolute Gasteiger partial charge is 0.264 e. The lowest BCUT2D eigenvalue weighted by atomic mass is 9.60. The Bertz CT molecular complexity index is 533. The number of aliphatic hydroxyl groups is 5. The minimum Gasteiger partial charge on any atom is -0.394 e. The quantitative estimate of drug-likeness (QED) is 0.278. The van der Waals surface area contributed by atoms with Gasteiger partial charge in [0.2, 0.25) is 11.2 Å². The summed E-state index contributed by atoms with van der Waals surface area (Å²) in [5.74, 6) is -7.52. The summed E-state index contributed by atoms with van der Waals surface area (Å²) in [6.07, 6.45) is -2.08. The highest BCUT2D eigenvalue weighted by Crippen LogP contribution is 2.48. The van der Waals surface area contributed by atoms with E-state index in [9.17, 15) is 39.9 Å². The Hall–Kier alpha value is -1.27. The van der Waals surface area contributed by atoms with E-state index >= 15 is 0 Å². The lowest BCUT2D eigenvalue weighted by molar-refractivity contribution is -0.405. The maximum absolute atomic E-state index is 11.9. The molecule has 1 heterocycles. The molecule has 126 valence electrons. The number of ether oxygens (including phenoxy) is 1. The number of nitrogens with two attached hydrogens (primary N) is 1. The van der Waals surface area contributed by atoms with Gasteiger partial charge < -0.3 is 30.3 Å². The van der Waals surface area contributed by atoms with Crippen LogP contribution in [0.5, 0.6) is 0 Å². The van der Waals surface area contributed by atoms with Crippen molar-refractivity contribution in [1.29, 1.82) is 0 Å². The predicted molar refractivity (Wildman–Crippen MR) is 68.0 cm³/mol. The fourth-order valence-electron chi connectivity index (χ4n) is 2.84. The number of hydrogen-bond acceptors (Lipinski definition) is 10. The minimum absolute atomic E-state index is 0.662. The zero-order chi connectivity index (χ0) is 17.7. The summed E-state index contributed by atoms with van der Waals surface area (Å²) >= 11 is 0. The van der Waals surface area contributed by atoms with Gasteiger partial charge in [0.1, 0.15) is 6.10 Å². The van der Waals surface area contributed by atoms with E-state index in [1.54, 1.807) is 0 Å². The van der Waals surface area contributed by atoms with Gasteiger partial charge in [-0.15, -0.1) is 0 Å². The third-order valence-corrected chi connectivity index (χ3v) is 4.10. The molecule has 1 saturated heterocycles. The molecule has 5 atom stereocenters. The normalized spacial score (nSPS) is 45.4. The monoisotopic (exact) mass is 321 g/mol. The second-order valence-electron chi connectivity index (χ2n) is 5.34. The van der Waals surface area contributed by atoms with Gasteiger partial charge in [0.25, 0.3) is 5.91 Å². The minimum atomic E-state index is -3.56. The lowest BCUT2D eigenvalue weighted by Crippen LogP contribution is -2.91. The molecular formula is C12H19NO9. The first-order valence-electron chi connectivity index (χ1n) is 6.25. The Balaban J connectivity index is 3.91. The Morgan fingerprint density at radius 1 is 0.955 bits per heavy atom. The molecule has 0 amide bonds. The molecule has 1 fully saturated rings. The van der Waals surface area contributed by atoms with Gasteiger partial charge in [0, 0.05) is 0 Å². The van der Waals surface area contributed by atoms with E-state index in [4.69, 9.17) is 5.73 Å². The number of carbonyl (C=O) groups excluding carboxylic acids is 3. The Morgan fingerprint density at radius 2 is 1.36 bits per heavy atom. The summed E-state index contributed by atoms with van der Waals surface area (Å²) in [6, 6.07) is 0. The zero-order valence-corrected chi connectivity index (χ0v) is 12.2. The van der Waals surface area contributed by atoms with Gasteiger partial charge in [-0.05, 0) is 20.8 Å². The molecule has 1 rings (SSSR count). The van der Waals surface area contributed by atoms with Crippen LogP contribution in [0.15, 0.2) is 0 Å². The fourth-order valence-corrected chi connectivity index (χ4v) is 2.84. The van der Waals surface area contributed by atoms with E-state index in [-0.39, 0.29) is 0 Å². The van der Waals surface area contributed by atoms with Crippen molar-refractivity contribution in [2.75, 3.05) is 6.61 Å². The molecule has 1 aliphatic heterocycles. The third-order valence-electron chi connectivity index (χ3n) is 4.10. The molecule has 7 N–H and O–H groups in total. The highest BCUT2D eigenvalue weighted by Gasteiger charge is 2.82. The molecule has 0 radical (unpaired) electrons. The van der Waals surface area contributed by atoms with Gasteiger partial charge >= 0.3 is 0 Å². The molecule has 0 aromatic heterocycles. The van der Waals surface area contributed by atoms with Gasteiger partial charge in [-0.1, -0.05) is 0 Å². The summed E-state index contributed by atoms with van der Waals surface area (Å²) in [5.41, 5.74) is -5.05. The molecule has 22 heavy (non-hydrogen) atoms. The Kier molecular flexibility index (Phi) is 4.38. The number of aliphatic hydroxyl groups excluding tert-OH is 1. The summed E-state index contributed by atoms with van der Waals surface area (Å²) < 4.78 is 4.65. The first-order valence-corrected chi connectivity index (χ1v) is 6.25. The summed E-state index contributed by atoms with van der Waals surface area (Å²) in [6.45, 7) is 0.910. The average molecular weight is 321 g/mol. The maximum Gasteiger partial charge on any atom is 0.264 e. The molecule has 0 aromatic rings. The van der Waals surface area contributed by atoms with Crippen molar-refractivity contribution in [1.82, 2.24) is 0 Å². The van der Waals surface area contributed by atoms with Crippen LogP contribution in [-0.4, -0.2) is 78.3 Å². The molecule has 0 spiro atoms. The Morgan fingerprint density at radius 3 is 1.64 bits per heavy atom. The lowest BCUT2D eigenvalue weighted by Gasteiger charge is -2.59. The van der Waals surface area contributed by atoms with Crippen molar-refractivity contribution >= 4 is 17.3 Å². The molecule has 10 nitrogen and oxygen atoms in total. The van der Waals surface area contributed by atoms with Crippen LogP contribution in [0, 0.1) is 0 Å². The van der Waals surface area contributed by atoms with Crippen LogP contribution in [-0.2, 0) is 19.1 Å². The van der Waals surface area contributed by atoms with Crippen LogP contribution in [0.1, 0.15) is 20.8 Å². The fraction of sp³-hybridized carbons (Fsp3) is 0.750. The van der Waals surface area contributed by atoms with Crippen molar-refractivity contribution in [2.24, 2.45) is 5.73 Å². The third kappa shape index (κ3) is 1.83. The molecule has 0 saturated carbocycles. The topological polar surface area (TPSA) is 188 Å². The number of hydrogen-bond donors (Lipinski definition) is 6. The SMILES string of the molecule is CC(=O)[C@@]1(O)[C@@](O)(C(C)=O)C(N)(O)O[C@H](CO)[C@@]1(O)C(C)=O. The first kappa shape index (κ1) is 18.8. The van der Waals surface area contributed by atoms with Gasteiger partial charge in [-0.3, -0.25) is 20.1 Å². The molecule has 10 heteroatoms. The van der Waals surface area contributed by atoms with Crippen molar-refractivity contribution < 1.29 is 44.7 Å². The number of rotatable bonds is 4. The highest BCUT2D eigenvalue weighted by atomic mass is 16.7. The van der Waals surface area contributed by atoms with Crippen LogP contribution >= 0.6 is 0 Å². The van der Waals surface area contributed by atoms with Gasteiger partial charge in [0.05, 0.1) is 6.61 Å². The molecule has 0 bridgehead atoms. The first-order chi connectivity index (χ1) is 9.75. The molecule has 0 aliphatic carbocycles. The molecule has 1 aliphatic rings. The second kappa shape index (κ2) is 5.13. The number of ketones is 3. The average Bonchev–Trinajstić information content (AvgIpc) is 2.39. The van der Waals surface area contributed by atoms with E-state index < -0.39 is 52.8 Å². The van der Waals surface area contributed by atoms with E-state index in [2.05, 4.69) is 4.74 Å². The van der Waals surface area contributed by atoms with Crippen molar-refractivity contribution in [3.63, 3.8) is 0 Å². The number of Topliss-reactive ketones (excluding diaryl/α,β-unsaturated/α-hetero) is 3. The standard InChI is InChI=1S/C12H19NO9/c1-5(15)9(18)8(4-14)22-12(13,21)11(20,7(3)17)10(9,19)6(2)16/h8,14,18-21H,4,13H2,1-3H3/t8-,9+,10+,11+,12?/m1/s1. The van der Waals surface area contributed by atoms with Gasteiger partial charge in [0.15, 0.2) is 23.0 Å². The predicted octanol–water partition coefficient (Wildman–Crippen LogP) is -4.06. The number of carbonyl (C=O) groups is 3. The largest absolute Gasteiger partial charge is 0.394 e. The summed E-state index contributed by atoms with van der Waals surface area (Å²) in [7, 11) is 0. The van der Waals surface area contributed by atoms with Crippen molar-refractivity contribution in [3.8, 4) is 0 Å². The van der Waals surface area contributed by atoms with Crippen LogP contribution in [0.25, 0.3) is 0 Å². The summed E-state index contributed by atoms with van der Waals surface area (Å²) in [4.78, 5) is 35.6. The van der Waals surface area contributed by atoms with Gasteiger partial charge in [-0.2, -0.15) is 0 Å². The van der Waals surface area contributed by atoms with Crippen LogP contribution < -0.4 is 5.73 Å². The molecule has 0 aromatic carbocycles. The van der Waals surface area contributed by atoms with Crippen LogP contribution in [0.2, 0.25) is 0 Å². The van der Waals surface area contributed by atoms with Crippen molar-refractivity contribution in [3.05, 3.63) is 0 Å². The van der Waals surface area contributed by atoms with E-state index in [0.717, 1.165) is 6.92 Å².